The van der Waals surface area contributed by atoms with Crippen LogP contribution in [-0.4, -0.2) is 27.6 Å². The van der Waals surface area contributed by atoms with Gasteiger partial charge in [0.15, 0.2) is 0 Å². The molecule has 0 radical (unpaired) electrons. The van der Waals surface area contributed by atoms with E-state index in [2.05, 4.69) is 21.0 Å². The molecule has 0 spiro atoms. The molecule has 20 heavy (non-hydrogen) atoms. The number of benzene rings is 1. The average molecular weight is 359 g/mol. The Hall–Kier alpha value is -1.53. The zero-order valence-electron chi connectivity index (χ0n) is 10.8. The van der Waals surface area contributed by atoms with Crippen LogP contribution in [0.1, 0.15) is 10.4 Å². The van der Waals surface area contributed by atoms with Crippen molar-refractivity contribution < 1.29 is 9.53 Å². The minimum absolute atomic E-state index is 0.392. The van der Waals surface area contributed by atoms with E-state index >= 15 is 0 Å². The molecule has 0 fully saturated rings. The number of carbonyl (C=O) groups is 1. The van der Waals surface area contributed by atoms with Gasteiger partial charge in [0, 0.05) is 23.5 Å². The summed E-state index contributed by atoms with van der Waals surface area (Å²) in [5, 5.41) is 5.27. The SMILES string of the molecule is Cn1ncc(Cl)c1-c1cc(C(N)=O)ccc1OCCBr. The van der Waals surface area contributed by atoms with Crippen molar-refractivity contribution >= 4 is 33.4 Å². The second-order valence-electron chi connectivity index (χ2n) is 4.08. The highest BCUT2D eigenvalue weighted by Crippen LogP contribution is 2.35. The Labute approximate surface area is 129 Å². The van der Waals surface area contributed by atoms with Crippen LogP contribution in [0.25, 0.3) is 11.3 Å². The van der Waals surface area contributed by atoms with Crippen molar-refractivity contribution in [1.82, 2.24) is 9.78 Å². The van der Waals surface area contributed by atoms with Crippen molar-refractivity contribution in [1.29, 1.82) is 0 Å². The summed E-state index contributed by atoms with van der Waals surface area (Å²) in [4.78, 5) is 11.3. The molecule has 0 unspecified atom stereocenters. The summed E-state index contributed by atoms with van der Waals surface area (Å²) < 4.78 is 7.28. The average Bonchev–Trinajstić information content (AvgIpc) is 2.75. The maximum absolute atomic E-state index is 11.3. The summed E-state index contributed by atoms with van der Waals surface area (Å²) in [6, 6.07) is 5.00. The van der Waals surface area contributed by atoms with Crippen LogP contribution in [0.3, 0.4) is 0 Å². The third-order valence-electron chi connectivity index (χ3n) is 2.75. The first-order chi connectivity index (χ1) is 9.54. The standard InChI is InChI=1S/C13H13BrClN3O2/c1-18-12(10(15)7-17-18)9-6-8(13(16)19)2-3-11(9)20-5-4-14/h2-3,6-7H,4-5H2,1H3,(H2,16,19). The highest BCUT2D eigenvalue weighted by Gasteiger charge is 2.16. The van der Waals surface area contributed by atoms with E-state index < -0.39 is 5.91 Å². The molecule has 0 aliphatic rings. The van der Waals surface area contributed by atoms with Gasteiger partial charge < -0.3 is 10.5 Å². The van der Waals surface area contributed by atoms with Gasteiger partial charge in [-0.1, -0.05) is 27.5 Å². The lowest BCUT2D eigenvalue weighted by Gasteiger charge is -2.12. The topological polar surface area (TPSA) is 70.1 Å². The van der Waals surface area contributed by atoms with E-state index in [-0.39, 0.29) is 0 Å². The number of aryl methyl sites for hydroxylation is 1. The molecule has 2 aromatic rings. The first-order valence-corrected chi connectivity index (χ1v) is 7.35. The molecule has 1 amide bonds. The number of primary amides is 1. The molecule has 0 bridgehead atoms. The maximum atomic E-state index is 11.3. The molecular weight excluding hydrogens is 346 g/mol. The number of nitrogens with zero attached hydrogens (tertiary/aromatic N) is 2. The molecule has 0 aliphatic carbocycles. The normalized spacial score (nSPS) is 10.6. The molecule has 0 aliphatic heterocycles. The molecule has 106 valence electrons. The molecule has 5 nitrogen and oxygen atoms in total. The smallest absolute Gasteiger partial charge is 0.248 e. The number of carbonyl (C=O) groups excluding carboxylic acids is 1. The van der Waals surface area contributed by atoms with Crippen LogP contribution in [-0.2, 0) is 7.05 Å². The predicted octanol–water partition coefficient (Wildman–Crippen LogP) is 2.61. The van der Waals surface area contributed by atoms with Gasteiger partial charge in [-0.2, -0.15) is 5.10 Å². The van der Waals surface area contributed by atoms with Gasteiger partial charge in [0.05, 0.1) is 23.5 Å². The number of halogens is 2. The van der Waals surface area contributed by atoms with Gasteiger partial charge in [-0.25, -0.2) is 0 Å². The van der Waals surface area contributed by atoms with Crippen molar-refractivity contribution in [3.05, 3.63) is 35.0 Å². The predicted molar refractivity (Wildman–Crippen MR) is 81.5 cm³/mol. The van der Waals surface area contributed by atoms with Gasteiger partial charge in [-0.3, -0.25) is 9.48 Å². The van der Waals surface area contributed by atoms with Crippen LogP contribution in [0.5, 0.6) is 5.75 Å². The summed E-state index contributed by atoms with van der Waals surface area (Å²) in [6.45, 7) is 0.498. The molecule has 1 aromatic carbocycles. The molecule has 0 saturated heterocycles. The molecule has 1 heterocycles. The third-order valence-corrected chi connectivity index (χ3v) is 3.35. The molecule has 0 saturated carbocycles. The summed E-state index contributed by atoms with van der Waals surface area (Å²) in [7, 11) is 1.77. The number of aromatic nitrogens is 2. The van der Waals surface area contributed by atoms with Crippen molar-refractivity contribution in [2.24, 2.45) is 12.8 Å². The number of alkyl halides is 1. The Morgan fingerprint density at radius 1 is 1.55 bits per heavy atom. The minimum Gasteiger partial charge on any atom is -0.492 e. The van der Waals surface area contributed by atoms with Gasteiger partial charge in [0.2, 0.25) is 5.91 Å². The first-order valence-electron chi connectivity index (χ1n) is 5.85. The van der Waals surface area contributed by atoms with Gasteiger partial charge >= 0.3 is 0 Å². The minimum atomic E-state index is -0.503. The Balaban J connectivity index is 2.57. The van der Waals surface area contributed by atoms with Gasteiger partial charge in [0.25, 0.3) is 0 Å². The van der Waals surface area contributed by atoms with E-state index in [1.807, 2.05) is 0 Å². The fourth-order valence-corrected chi connectivity index (χ4v) is 2.29. The van der Waals surface area contributed by atoms with Crippen molar-refractivity contribution in [2.75, 3.05) is 11.9 Å². The Kier molecular flexibility index (Phi) is 4.67. The van der Waals surface area contributed by atoms with Crippen LogP contribution in [0.4, 0.5) is 0 Å². The van der Waals surface area contributed by atoms with Crippen molar-refractivity contribution in [2.45, 2.75) is 0 Å². The highest BCUT2D eigenvalue weighted by atomic mass is 79.9. The quantitative estimate of drug-likeness (QED) is 0.835. The number of hydrogen-bond donors (Lipinski definition) is 1. The van der Waals surface area contributed by atoms with Gasteiger partial charge in [-0.15, -0.1) is 0 Å². The van der Waals surface area contributed by atoms with E-state index in [1.54, 1.807) is 36.1 Å². The zero-order valence-corrected chi connectivity index (χ0v) is 13.1. The molecular formula is C13H13BrClN3O2. The Morgan fingerprint density at radius 3 is 2.85 bits per heavy atom. The Morgan fingerprint density at radius 2 is 2.30 bits per heavy atom. The number of nitrogens with two attached hydrogens (primary N) is 1. The number of hydrogen-bond acceptors (Lipinski definition) is 3. The highest BCUT2D eigenvalue weighted by molar-refractivity contribution is 9.09. The lowest BCUT2D eigenvalue weighted by molar-refractivity contribution is 0.100. The maximum Gasteiger partial charge on any atom is 0.248 e. The summed E-state index contributed by atoms with van der Waals surface area (Å²) in [5.41, 5.74) is 7.08. The van der Waals surface area contributed by atoms with Crippen molar-refractivity contribution in [3.8, 4) is 17.0 Å². The first kappa shape index (κ1) is 14.9. The van der Waals surface area contributed by atoms with Gasteiger partial charge in [0.1, 0.15) is 5.75 Å². The van der Waals surface area contributed by atoms with Crippen LogP contribution in [0.2, 0.25) is 5.02 Å². The number of amides is 1. The summed E-state index contributed by atoms with van der Waals surface area (Å²) in [6.07, 6.45) is 1.54. The lowest BCUT2D eigenvalue weighted by Crippen LogP contribution is -2.11. The molecule has 0 atom stereocenters. The van der Waals surface area contributed by atoms with Crippen LogP contribution in [0.15, 0.2) is 24.4 Å². The van der Waals surface area contributed by atoms with Crippen LogP contribution < -0.4 is 10.5 Å². The van der Waals surface area contributed by atoms with Gasteiger partial charge in [-0.05, 0) is 18.2 Å². The molecule has 2 N–H and O–H groups in total. The van der Waals surface area contributed by atoms with Crippen LogP contribution in [0, 0.1) is 0 Å². The van der Waals surface area contributed by atoms with E-state index in [9.17, 15) is 4.79 Å². The second kappa shape index (κ2) is 6.28. The summed E-state index contributed by atoms with van der Waals surface area (Å²) in [5.74, 6) is 0.122. The lowest BCUT2D eigenvalue weighted by atomic mass is 10.1. The van der Waals surface area contributed by atoms with Crippen LogP contribution >= 0.6 is 27.5 Å². The summed E-state index contributed by atoms with van der Waals surface area (Å²) >= 11 is 9.46. The number of rotatable bonds is 5. The van der Waals surface area contributed by atoms with E-state index in [0.29, 0.717) is 39.5 Å². The monoisotopic (exact) mass is 357 g/mol. The van der Waals surface area contributed by atoms with Crippen molar-refractivity contribution in [3.63, 3.8) is 0 Å². The molecule has 1 aromatic heterocycles. The molecule has 7 heteroatoms. The fourth-order valence-electron chi connectivity index (χ4n) is 1.86. The largest absolute Gasteiger partial charge is 0.492 e. The van der Waals surface area contributed by atoms with E-state index in [4.69, 9.17) is 22.1 Å². The van der Waals surface area contributed by atoms with E-state index in [1.165, 1.54) is 0 Å². The molecule has 2 rings (SSSR count). The fraction of sp³-hybridized carbons (Fsp3) is 0.231. The number of ether oxygens (including phenoxy) is 1. The second-order valence-corrected chi connectivity index (χ2v) is 5.28. The zero-order chi connectivity index (χ0) is 14.7. The Bertz CT molecular complexity index is 623. The third kappa shape index (κ3) is 2.96. The van der Waals surface area contributed by atoms with E-state index in [0.717, 1.165) is 0 Å².